The Morgan fingerprint density at radius 1 is 1.33 bits per heavy atom. The van der Waals surface area contributed by atoms with Crippen LogP contribution in [0.1, 0.15) is 28.5 Å². The number of rotatable bonds is 5. The molecule has 7 nitrogen and oxygen atoms in total. The van der Waals surface area contributed by atoms with Crippen LogP contribution in [0.5, 0.6) is 0 Å². The molecular weight excluding hydrogens is 344 g/mol. The summed E-state index contributed by atoms with van der Waals surface area (Å²) in [4.78, 5) is 26.1. The zero-order valence-corrected chi connectivity index (χ0v) is 15.2. The van der Waals surface area contributed by atoms with Crippen LogP contribution in [0, 0.1) is 6.92 Å². The predicted molar refractivity (Wildman–Crippen MR) is 102 cm³/mol. The molecule has 0 radical (unpaired) electrons. The summed E-state index contributed by atoms with van der Waals surface area (Å²) in [6.07, 6.45) is 0. The topological polar surface area (TPSA) is 87.3 Å². The Hall–Kier alpha value is -3.35. The highest BCUT2D eigenvalue weighted by Crippen LogP contribution is 2.32. The van der Waals surface area contributed by atoms with Crippen molar-refractivity contribution in [2.24, 2.45) is 0 Å². The molecule has 1 amide bonds. The number of amides is 1. The van der Waals surface area contributed by atoms with Gasteiger partial charge in [0.2, 0.25) is 0 Å². The second-order valence-corrected chi connectivity index (χ2v) is 6.51. The average molecular weight is 364 g/mol. The summed E-state index contributed by atoms with van der Waals surface area (Å²) in [7, 11) is 0. The Labute approximate surface area is 156 Å². The van der Waals surface area contributed by atoms with E-state index in [1.165, 1.54) is 4.90 Å². The molecule has 1 aliphatic rings. The van der Waals surface area contributed by atoms with Crippen LogP contribution in [0.3, 0.4) is 0 Å². The van der Waals surface area contributed by atoms with Crippen LogP contribution >= 0.6 is 0 Å². The van der Waals surface area contributed by atoms with Gasteiger partial charge in [-0.25, -0.2) is 0 Å². The Morgan fingerprint density at radius 2 is 2.19 bits per heavy atom. The number of fused-ring (bicyclic) bond motifs is 2. The first-order valence-corrected chi connectivity index (χ1v) is 8.85. The minimum Gasteiger partial charge on any atom is -0.465 e. The molecule has 1 aromatic heterocycles. The molecule has 0 fully saturated rings. The zero-order valence-electron chi connectivity index (χ0n) is 15.2. The molecular formula is C20H20N4O3. The molecule has 1 aliphatic heterocycles. The smallest absolute Gasteiger partial charge is 0.325 e. The number of ether oxygens (including phenoxy) is 1. The van der Waals surface area contributed by atoms with E-state index in [1.54, 1.807) is 6.92 Å². The third kappa shape index (κ3) is 3.12. The van der Waals surface area contributed by atoms with E-state index >= 15 is 0 Å². The summed E-state index contributed by atoms with van der Waals surface area (Å²) in [5.74, 6) is -0.564. The number of benzene rings is 2. The highest BCUT2D eigenvalue weighted by molar-refractivity contribution is 6.05. The molecule has 0 unspecified atom stereocenters. The van der Waals surface area contributed by atoms with E-state index < -0.39 is 5.97 Å². The van der Waals surface area contributed by atoms with Gasteiger partial charge in [0.15, 0.2) is 0 Å². The van der Waals surface area contributed by atoms with Gasteiger partial charge in [0, 0.05) is 23.3 Å². The van der Waals surface area contributed by atoms with E-state index in [2.05, 4.69) is 15.5 Å². The number of esters is 1. The number of carbonyl (C=O) groups excluding carboxylic acids is 2. The van der Waals surface area contributed by atoms with E-state index in [4.69, 9.17) is 4.74 Å². The number of carbonyl (C=O) groups is 2. The van der Waals surface area contributed by atoms with Gasteiger partial charge in [0.05, 0.1) is 23.4 Å². The predicted octanol–water partition coefficient (Wildman–Crippen LogP) is 3.13. The van der Waals surface area contributed by atoms with E-state index in [0.717, 1.165) is 33.5 Å². The molecule has 3 aromatic rings. The summed E-state index contributed by atoms with van der Waals surface area (Å²) in [5, 5.41) is 11.6. The molecule has 2 aromatic carbocycles. The van der Waals surface area contributed by atoms with Crippen LogP contribution in [0.4, 0.5) is 11.4 Å². The first-order valence-electron chi connectivity index (χ1n) is 8.85. The maximum Gasteiger partial charge on any atom is 0.325 e. The molecule has 2 heterocycles. The number of aromatic nitrogens is 2. The lowest BCUT2D eigenvalue weighted by atomic mass is 10.1. The van der Waals surface area contributed by atoms with Crippen LogP contribution in [0.25, 0.3) is 10.9 Å². The van der Waals surface area contributed by atoms with Gasteiger partial charge in [-0.3, -0.25) is 14.7 Å². The SMILES string of the molecule is CCOC(=O)CN1Cc2cccc(Nc3ccc4c(C)[nH]nc4c3)c2C1=O. The van der Waals surface area contributed by atoms with E-state index in [9.17, 15) is 9.59 Å². The van der Waals surface area contributed by atoms with Crippen molar-refractivity contribution in [2.45, 2.75) is 20.4 Å². The minimum absolute atomic E-state index is 0.0424. The number of nitrogens with one attached hydrogen (secondary N) is 2. The quantitative estimate of drug-likeness (QED) is 0.679. The first kappa shape index (κ1) is 17.1. The van der Waals surface area contributed by atoms with E-state index in [-0.39, 0.29) is 12.5 Å². The summed E-state index contributed by atoms with van der Waals surface area (Å²) in [6.45, 7) is 4.39. The standard InChI is InChI=1S/C20H20N4O3/c1-3-27-18(25)11-24-10-13-5-4-6-16(19(13)20(24)26)21-14-7-8-15-12(2)22-23-17(15)9-14/h4-9,21H,3,10-11H2,1-2H3,(H,22,23). The van der Waals surface area contributed by atoms with Crippen LogP contribution < -0.4 is 5.32 Å². The summed E-state index contributed by atoms with van der Waals surface area (Å²) < 4.78 is 4.96. The van der Waals surface area contributed by atoms with Gasteiger partial charge >= 0.3 is 5.97 Å². The fourth-order valence-electron chi connectivity index (χ4n) is 3.39. The van der Waals surface area contributed by atoms with Crippen molar-refractivity contribution in [3.8, 4) is 0 Å². The molecule has 0 atom stereocenters. The highest BCUT2D eigenvalue weighted by atomic mass is 16.5. The van der Waals surface area contributed by atoms with Crippen molar-refractivity contribution < 1.29 is 14.3 Å². The molecule has 0 saturated carbocycles. The number of nitrogens with zero attached hydrogens (tertiary/aromatic N) is 2. The van der Waals surface area contributed by atoms with Gasteiger partial charge in [0.1, 0.15) is 6.54 Å². The van der Waals surface area contributed by atoms with Crippen molar-refractivity contribution in [2.75, 3.05) is 18.5 Å². The van der Waals surface area contributed by atoms with Crippen molar-refractivity contribution >= 4 is 34.2 Å². The second kappa shape index (κ2) is 6.75. The Morgan fingerprint density at radius 3 is 3.00 bits per heavy atom. The molecule has 138 valence electrons. The highest BCUT2D eigenvalue weighted by Gasteiger charge is 2.31. The van der Waals surface area contributed by atoms with Crippen molar-refractivity contribution in [3.05, 3.63) is 53.2 Å². The van der Waals surface area contributed by atoms with Gasteiger partial charge in [-0.05, 0) is 43.7 Å². The molecule has 4 rings (SSSR count). The van der Waals surface area contributed by atoms with E-state index in [1.807, 2.05) is 43.3 Å². The molecule has 0 aliphatic carbocycles. The molecule has 0 spiro atoms. The van der Waals surface area contributed by atoms with Gasteiger partial charge in [-0.2, -0.15) is 5.10 Å². The number of aromatic amines is 1. The Kier molecular flexibility index (Phi) is 4.27. The zero-order chi connectivity index (χ0) is 19.0. The number of aryl methyl sites for hydroxylation is 1. The largest absolute Gasteiger partial charge is 0.465 e. The van der Waals surface area contributed by atoms with Crippen LogP contribution in [0.15, 0.2) is 36.4 Å². The number of anilines is 2. The number of hydrogen-bond acceptors (Lipinski definition) is 5. The molecule has 7 heteroatoms. The van der Waals surface area contributed by atoms with E-state index in [0.29, 0.717) is 18.7 Å². The third-order valence-electron chi connectivity index (χ3n) is 4.66. The molecule has 27 heavy (non-hydrogen) atoms. The maximum atomic E-state index is 12.8. The lowest BCUT2D eigenvalue weighted by Crippen LogP contribution is -2.31. The van der Waals surface area contributed by atoms with Gasteiger partial charge in [-0.15, -0.1) is 0 Å². The van der Waals surface area contributed by atoms with Gasteiger partial charge in [-0.1, -0.05) is 12.1 Å². The fourth-order valence-corrected chi connectivity index (χ4v) is 3.39. The lowest BCUT2D eigenvalue weighted by molar-refractivity contribution is -0.143. The Bertz CT molecular complexity index is 1040. The summed E-state index contributed by atoms with van der Waals surface area (Å²) in [6, 6.07) is 11.6. The summed E-state index contributed by atoms with van der Waals surface area (Å²) >= 11 is 0. The normalized spacial score (nSPS) is 13.1. The van der Waals surface area contributed by atoms with Crippen molar-refractivity contribution in [3.63, 3.8) is 0 Å². The third-order valence-corrected chi connectivity index (χ3v) is 4.66. The minimum atomic E-state index is -0.396. The maximum absolute atomic E-state index is 12.8. The number of H-pyrrole nitrogens is 1. The monoisotopic (exact) mass is 364 g/mol. The molecule has 0 saturated heterocycles. The lowest BCUT2D eigenvalue weighted by Gasteiger charge is -2.14. The van der Waals surface area contributed by atoms with Crippen molar-refractivity contribution in [1.82, 2.24) is 15.1 Å². The second-order valence-electron chi connectivity index (χ2n) is 6.51. The van der Waals surface area contributed by atoms with Gasteiger partial charge in [0.25, 0.3) is 5.91 Å². The van der Waals surface area contributed by atoms with Crippen LogP contribution in [-0.2, 0) is 16.1 Å². The summed E-state index contributed by atoms with van der Waals surface area (Å²) in [5.41, 5.74) is 4.93. The molecule has 2 N–H and O–H groups in total. The number of hydrogen-bond donors (Lipinski definition) is 2. The van der Waals surface area contributed by atoms with Gasteiger partial charge < -0.3 is 15.0 Å². The first-order chi connectivity index (χ1) is 13.1. The van der Waals surface area contributed by atoms with Crippen LogP contribution in [-0.4, -0.2) is 40.1 Å². The Balaban J connectivity index is 1.60. The van der Waals surface area contributed by atoms with Crippen molar-refractivity contribution in [1.29, 1.82) is 0 Å². The van der Waals surface area contributed by atoms with Crippen LogP contribution in [0.2, 0.25) is 0 Å². The average Bonchev–Trinajstić information content (AvgIpc) is 3.16. The fraction of sp³-hybridized carbons (Fsp3) is 0.250. The molecule has 0 bridgehead atoms.